The van der Waals surface area contributed by atoms with E-state index in [1.54, 1.807) is 0 Å². The van der Waals surface area contributed by atoms with Gasteiger partial charge in [0.25, 0.3) is 0 Å². The van der Waals surface area contributed by atoms with Crippen molar-refractivity contribution in [3.63, 3.8) is 0 Å². The first-order chi connectivity index (χ1) is 8.24. The third-order valence-electron chi connectivity index (χ3n) is 3.96. The van der Waals surface area contributed by atoms with E-state index in [4.69, 9.17) is 11.0 Å². The number of nitrogens with two attached hydrogens (primary N) is 1. The Bertz CT molecular complexity index is 426. The highest BCUT2D eigenvalue weighted by Gasteiger charge is 2.22. The van der Waals surface area contributed by atoms with Crippen molar-refractivity contribution >= 4 is 5.82 Å². The van der Waals surface area contributed by atoms with Gasteiger partial charge in [-0.25, -0.2) is 4.98 Å². The lowest BCUT2D eigenvalue weighted by Gasteiger charge is -2.27. The van der Waals surface area contributed by atoms with Crippen LogP contribution in [-0.4, -0.2) is 4.98 Å². The van der Waals surface area contributed by atoms with Crippen LogP contribution in [-0.2, 0) is 0 Å². The summed E-state index contributed by atoms with van der Waals surface area (Å²) in [7, 11) is 0. The zero-order valence-corrected chi connectivity index (χ0v) is 10.3. The van der Waals surface area contributed by atoms with Crippen molar-refractivity contribution in [2.75, 3.05) is 5.73 Å². The van der Waals surface area contributed by atoms with E-state index < -0.39 is 0 Å². The number of rotatable bonds is 2. The Kier molecular flexibility index (Phi) is 3.63. The molecule has 1 aliphatic rings. The Morgan fingerprint density at radius 2 is 2.12 bits per heavy atom. The van der Waals surface area contributed by atoms with Gasteiger partial charge in [0, 0.05) is 6.20 Å². The zero-order chi connectivity index (χ0) is 12.3. The van der Waals surface area contributed by atoms with Crippen LogP contribution in [0.15, 0.2) is 12.3 Å². The number of hydrogen-bond donors (Lipinski definition) is 1. The summed E-state index contributed by atoms with van der Waals surface area (Å²) in [6.07, 6.45) is 8.16. The van der Waals surface area contributed by atoms with Crippen LogP contribution < -0.4 is 5.73 Å². The van der Waals surface area contributed by atoms with Crippen molar-refractivity contribution in [2.24, 2.45) is 5.92 Å². The molecule has 0 spiro atoms. The molecule has 1 aromatic heterocycles. The maximum Gasteiger partial charge on any atom is 0.141 e. The van der Waals surface area contributed by atoms with Crippen LogP contribution in [0.3, 0.4) is 0 Å². The first-order valence-corrected chi connectivity index (χ1v) is 6.40. The summed E-state index contributed by atoms with van der Waals surface area (Å²) in [5, 5.41) is 8.95. The Balaban J connectivity index is 2.11. The Hall–Kier alpha value is -1.56. The Labute approximate surface area is 103 Å². The molecule has 0 aliphatic heterocycles. The van der Waals surface area contributed by atoms with E-state index in [-0.39, 0.29) is 0 Å². The summed E-state index contributed by atoms with van der Waals surface area (Å²) in [6, 6.07) is 4.02. The van der Waals surface area contributed by atoms with E-state index in [1.165, 1.54) is 37.7 Å². The number of nitrogen functional groups attached to an aromatic ring is 1. The molecule has 0 unspecified atom stereocenters. The fraction of sp³-hybridized carbons (Fsp3) is 0.571. The molecule has 1 fully saturated rings. The molecule has 90 valence electrons. The molecule has 0 saturated heterocycles. The van der Waals surface area contributed by atoms with Gasteiger partial charge in [0.2, 0.25) is 0 Å². The van der Waals surface area contributed by atoms with Gasteiger partial charge in [-0.3, -0.25) is 0 Å². The van der Waals surface area contributed by atoms with Gasteiger partial charge in [0.15, 0.2) is 0 Å². The fourth-order valence-corrected chi connectivity index (χ4v) is 2.71. The second-order valence-corrected chi connectivity index (χ2v) is 4.94. The highest BCUT2D eigenvalue weighted by molar-refractivity contribution is 5.49. The number of anilines is 1. The summed E-state index contributed by atoms with van der Waals surface area (Å²) < 4.78 is 0. The molecule has 0 aromatic carbocycles. The largest absolute Gasteiger partial charge is 0.383 e. The van der Waals surface area contributed by atoms with E-state index >= 15 is 0 Å². The van der Waals surface area contributed by atoms with Gasteiger partial charge in [-0.15, -0.1) is 0 Å². The number of hydrogen-bond acceptors (Lipinski definition) is 3. The predicted molar refractivity (Wildman–Crippen MR) is 68.4 cm³/mol. The van der Waals surface area contributed by atoms with E-state index in [2.05, 4.69) is 18.0 Å². The highest BCUT2D eigenvalue weighted by Crippen LogP contribution is 2.37. The molecule has 3 nitrogen and oxygen atoms in total. The Morgan fingerprint density at radius 3 is 2.71 bits per heavy atom. The van der Waals surface area contributed by atoms with Gasteiger partial charge >= 0.3 is 0 Å². The topological polar surface area (TPSA) is 62.7 Å². The van der Waals surface area contributed by atoms with Crippen LogP contribution >= 0.6 is 0 Å². The van der Waals surface area contributed by atoms with Crippen molar-refractivity contribution in [2.45, 2.75) is 44.9 Å². The number of nitrogens with zero attached hydrogens (tertiary/aromatic N) is 2. The van der Waals surface area contributed by atoms with Crippen LogP contribution in [0.25, 0.3) is 0 Å². The highest BCUT2D eigenvalue weighted by atomic mass is 14.8. The van der Waals surface area contributed by atoms with Crippen molar-refractivity contribution in [1.29, 1.82) is 5.26 Å². The summed E-state index contributed by atoms with van der Waals surface area (Å²) in [5.41, 5.74) is 7.34. The number of nitriles is 1. The van der Waals surface area contributed by atoms with Crippen molar-refractivity contribution in [3.05, 3.63) is 23.4 Å². The molecule has 1 aromatic rings. The van der Waals surface area contributed by atoms with Crippen LogP contribution in [0, 0.1) is 17.2 Å². The second kappa shape index (κ2) is 5.18. The molecule has 17 heavy (non-hydrogen) atoms. The standard InChI is InChI=1S/C14H19N3/c1-2-10-3-5-11(6-4-10)13-7-12(8-15)14(16)17-9-13/h7,9-11H,2-6H2,1H3,(H2,16,17). The molecule has 0 radical (unpaired) electrons. The van der Waals surface area contributed by atoms with Gasteiger partial charge in [-0.2, -0.15) is 5.26 Å². The maximum absolute atomic E-state index is 8.95. The van der Waals surface area contributed by atoms with Crippen LogP contribution in [0.4, 0.5) is 5.82 Å². The summed E-state index contributed by atoms with van der Waals surface area (Å²) in [5.74, 6) is 1.81. The molecule has 2 N–H and O–H groups in total. The first-order valence-electron chi connectivity index (χ1n) is 6.40. The number of aromatic nitrogens is 1. The minimum atomic E-state index is 0.346. The van der Waals surface area contributed by atoms with Gasteiger partial charge in [-0.05, 0) is 49.1 Å². The minimum absolute atomic E-state index is 0.346. The lowest BCUT2D eigenvalue weighted by Crippen LogP contribution is -2.13. The summed E-state index contributed by atoms with van der Waals surface area (Å²) in [4.78, 5) is 4.12. The monoisotopic (exact) mass is 229 g/mol. The number of pyridine rings is 1. The third kappa shape index (κ3) is 2.58. The average Bonchev–Trinajstić information content (AvgIpc) is 2.39. The first kappa shape index (κ1) is 11.9. The van der Waals surface area contributed by atoms with Crippen molar-refractivity contribution in [1.82, 2.24) is 4.98 Å². The fourth-order valence-electron chi connectivity index (χ4n) is 2.71. The molecule has 1 aliphatic carbocycles. The SMILES string of the molecule is CCC1CCC(c2cnc(N)c(C#N)c2)CC1. The van der Waals surface area contributed by atoms with Gasteiger partial charge in [-0.1, -0.05) is 13.3 Å². The molecule has 3 heteroatoms. The van der Waals surface area contributed by atoms with E-state index in [1.807, 2.05) is 12.3 Å². The molecule has 1 saturated carbocycles. The molecular formula is C14H19N3. The lowest BCUT2D eigenvalue weighted by atomic mass is 9.78. The molecular weight excluding hydrogens is 210 g/mol. The summed E-state index contributed by atoms with van der Waals surface area (Å²) >= 11 is 0. The lowest BCUT2D eigenvalue weighted by molar-refractivity contribution is 0.318. The van der Waals surface area contributed by atoms with Crippen LogP contribution in [0.2, 0.25) is 0 Å². The normalized spacial score (nSPS) is 24.2. The quantitative estimate of drug-likeness (QED) is 0.846. The Morgan fingerprint density at radius 1 is 1.41 bits per heavy atom. The van der Waals surface area contributed by atoms with Gasteiger partial charge < -0.3 is 5.73 Å². The minimum Gasteiger partial charge on any atom is -0.383 e. The molecule has 0 amide bonds. The molecule has 2 rings (SSSR count). The van der Waals surface area contributed by atoms with E-state index in [0.29, 0.717) is 17.3 Å². The molecule has 0 bridgehead atoms. The summed E-state index contributed by atoms with van der Waals surface area (Å²) in [6.45, 7) is 2.27. The third-order valence-corrected chi connectivity index (χ3v) is 3.96. The second-order valence-electron chi connectivity index (χ2n) is 4.94. The molecule has 0 atom stereocenters. The predicted octanol–water partition coefficient (Wildman–Crippen LogP) is 3.22. The van der Waals surface area contributed by atoms with Crippen LogP contribution in [0.1, 0.15) is 56.1 Å². The van der Waals surface area contributed by atoms with Gasteiger partial charge in [0.1, 0.15) is 11.9 Å². The van der Waals surface area contributed by atoms with Gasteiger partial charge in [0.05, 0.1) is 5.56 Å². The van der Waals surface area contributed by atoms with E-state index in [9.17, 15) is 0 Å². The smallest absolute Gasteiger partial charge is 0.141 e. The van der Waals surface area contributed by atoms with Crippen molar-refractivity contribution < 1.29 is 0 Å². The van der Waals surface area contributed by atoms with Crippen molar-refractivity contribution in [3.8, 4) is 6.07 Å². The zero-order valence-electron chi connectivity index (χ0n) is 10.3. The average molecular weight is 229 g/mol. The maximum atomic E-state index is 8.95. The van der Waals surface area contributed by atoms with E-state index in [0.717, 1.165) is 5.92 Å². The van der Waals surface area contributed by atoms with Crippen LogP contribution in [0.5, 0.6) is 0 Å². The molecule has 1 heterocycles.